The van der Waals surface area contributed by atoms with E-state index in [-0.39, 0.29) is 6.04 Å². The molecule has 0 aliphatic rings. The molecule has 2 heterocycles. The first-order valence-corrected chi connectivity index (χ1v) is 7.66. The average Bonchev–Trinajstić information content (AvgIpc) is 2.95. The lowest BCUT2D eigenvalue weighted by atomic mass is 10.2. The van der Waals surface area contributed by atoms with Gasteiger partial charge in [-0.1, -0.05) is 6.07 Å². The smallest absolute Gasteiger partial charge is 0.413 e. The first-order chi connectivity index (χ1) is 11.3. The zero-order chi connectivity index (χ0) is 17.7. The SMILES string of the molecule is COCC(C)n1cnnc1-c1cccc(NC(=O)OC(C)(C)C)n1. The van der Waals surface area contributed by atoms with Crippen molar-refractivity contribution in [1.29, 1.82) is 0 Å². The van der Waals surface area contributed by atoms with Crippen LogP contribution in [0, 0.1) is 0 Å². The fourth-order valence-corrected chi connectivity index (χ4v) is 2.11. The van der Waals surface area contributed by atoms with E-state index in [1.807, 2.05) is 11.5 Å². The molecule has 1 N–H and O–H groups in total. The van der Waals surface area contributed by atoms with Crippen LogP contribution in [-0.4, -0.2) is 45.2 Å². The average molecular weight is 333 g/mol. The number of anilines is 1. The number of nitrogens with zero attached hydrogens (tertiary/aromatic N) is 4. The molecule has 0 aromatic carbocycles. The highest BCUT2D eigenvalue weighted by Gasteiger charge is 2.18. The summed E-state index contributed by atoms with van der Waals surface area (Å²) >= 11 is 0. The highest BCUT2D eigenvalue weighted by molar-refractivity contribution is 5.83. The second-order valence-electron chi connectivity index (χ2n) is 6.40. The van der Waals surface area contributed by atoms with Crippen molar-refractivity contribution >= 4 is 11.9 Å². The number of methoxy groups -OCH3 is 1. The van der Waals surface area contributed by atoms with E-state index in [0.29, 0.717) is 23.9 Å². The van der Waals surface area contributed by atoms with E-state index in [1.165, 1.54) is 0 Å². The Morgan fingerprint density at radius 1 is 1.38 bits per heavy atom. The maximum absolute atomic E-state index is 11.9. The van der Waals surface area contributed by atoms with Gasteiger partial charge in [0.25, 0.3) is 0 Å². The Balaban J connectivity index is 2.19. The summed E-state index contributed by atoms with van der Waals surface area (Å²) in [6.07, 6.45) is 1.08. The fraction of sp³-hybridized carbons (Fsp3) is 0.500. The molecule has 130 valence electrons. The van der Waals surface area contributed by atoms with Crippen LogP contribution in [-0.2, 0) is 9.47 Å². The maximum atomic E-state index is 11.9. The second kappa shape index (κ2) is 7.39. The lowest BCUT2D eigenvalue weighted by Crippen LogP contribution is -2.27. The maximum Gasteiger partial charge on any atom is 0.413 e. The van der Waals surface area contributed by atoms with Gasteiger partial charge in [-0.05, 0) is 39.8 Å². The van der Waals surface area contributed by atoms with Crippen LogP contribution < -0.4 is 5.32 Å². The lowest BCUT2D eigenvalue weighted by Gasteiger charge is -2.19. The van der Waals surface area contributed by atoms with Gasteiger partial charge < -0.3 is 14.0 Å². The first-order valence-electron chi connectivity index (χ1n) is 7.66. The molecule has 1 atom stereocenters. The quantitative estimate of drug-likeness (QED) is 0.904. The number of hydrogen-bond acceptors (Lipinski definition) is 6. The second-order valence-corrected chi connectivity index (χ2v) is 6.40. The Bertz CT molecular complexity index is 693. The number of ether oxygens (including phenoxy) is 2. The van der Waals surface area contributed by atoms with E-state index in [4.69, 9.17) is 9.47 Å². The minimum atomic E-state index is -0.572. The van der Waals surface area contributed by atoms with Crippen molar-refractivity contribution < 1.29 is 14.3 Å². The van der Waals surface area contributed by atoms with Gasteiger partial charge in [-0.2, -0.15) is 0 Å². The zero-order valence-corrected chi connectivity index (χ0v) is 14.6. The molecule has 0 spiro atoms. The molecule has 0 saturated heterocycles. The molecule has 2 aromatic rings. The molecular weight excluding hydrogens is 310 g/mol. The van der Waals surface area contributed by atoms with E-state index in [1.54, 1.807) is 52.4 Å². The summed E-state index contributed by atoms with van der Waals surface area (Å²) in [5.41, 5.74) is 0.0290. The molecule has 2 rings (SSSR count). The van der Waals surface area contributed by atoms with E-state index in [0.717, 1.165) is 0 Å². The predicted molar refractivity (Wildman–Crippen MR) is 89.7 cm³/mol. The summed E-state index contributed by atoms with van der Waals surface area (Å²) < 4.78 is 12.3. The number of hydrogen-bond donors (Lipinski definition) is 1. The van der Waals surface area contributed by atoms with Gasteiger partial charge in [0.05, 0.1) is 12.6 Å². The third-order valence-corrected chi connectivity index (χ3v) is 3.06. The highest BCUT2D eigenvalue weighted by atomic mass is 16.6. The Morgan fingerprint density at radius 2 is 2.12 bits per heavy atom. The Labute approximate surface area is 141 Å². The van der Waals surface area contributed by atoms with Gasteiger partial charge in [-0.15, -0.1) is 10.2 Å². The third kappa shape index (κ3) is 4.76. The van der Waals surface area contributed by atoms with Crippen molar-refractivity contribution in [2.24, 2.45) is 0 Å². The molecular formula is C16H23N5O3. The number of aromatic nitrogens is 4. The molecule has 0 saturated carbocycles. The van der Waals surface area contributed by atoms with Crippen molar-refractivity contribution in [2.75, 3.05) is 19.0 Å². The van der Waals surface area contributed by atoms with E-state index in [9.17, 15) is 4.79 Å². The van der Waals surface area contributed by atoms with Gasteiger partial charge >= 0.3 is 6.09 Å². The lowest BCUT2D eigenvalue weighted by molar-refractivity contribution is 0.0635. The number of carbonyl (C=O) groups is 1. The summed E-state index contributed by atoms with van der Waals surface area (Å²) in [6, 6.07) is 5.34. The summed E-state index contributed by atoms with van der Waals surface area (Å²) in [5, 5.41) is 10.7. The van der Waals surface area contributed by atoms with Crippen LogP contribution in [0.5, 0.6) is 0 Å². The van der Waals surface area contributed by atoms with Gasteiger partial charge in [0.1, 0.15) is 23.4 Å². The van der Waals surface area contributed by atoms with Gasteiger partial charge in [-0.25, -0.2) is 9.78 Å². The Hall–Kier alpha value is -2.48. The summed E-state index contributed by atoms with van der Waals surface area (Å²) in [7, 11) is 1.64. The van der Waals surface area contributed by atoms with Crippen molar-refractivity contribution in [3.05, 3.63) is 24.5 Å². The molecule has 0 aliphatic heterocycles. The largest absolute Gasteiger partial charge is 0.444 e. The van der Waals surface area contributed by atoms with Gasteiger partial charge in [0, 0.05) is 7.11 Å². The van der Waals surface area contributed by atoms with Crippen molar-refractivity contribution in [3.63, 3.8) is 0 Å². The van der Waals surface area contributed by atoms with E-state index in [2.05, 4.69) is 20.5 Å². The number of carbonyl (C=O) groups excluding carboxylic acids is 1. The Morgan fingerprint density at radius 3 is 2.79 bits per heavy atom. The van der Waals surface area contributed by atoms with E-state index < -0.39 is 11.7 Å². The standard InChI is InChI=1S/C16H23N5O3/c1-11(9-23-5)21-10-17-20-14(21)12-7-6-8-13(18-12)19-15(22)24-16(2,3)4/h6-8,10-11H,9H2,1-5H3,(H,18,19,22). The molecule has 24 heavy (non-hydrogen) atoms. The molecule has 1 amide bonds. The predicted octanol–water partition coefficient (Wildman–Crippen LogP) is 2.89. The summed E-state index contributed by atoms with van der Waals surface area (Å²) in [5.74, 6) is 0.989. The Kier molecular flexibility index (Phi) is 5.50. The van der Waals surface area contributed by atoms with Gasteiger partial charge in [0.15, 0.2) is 5.82 Å². The molecule has 8 heteroatoms. The highest BCUT2D eigenvalue weighted by Crippen LogP contribution is 2.20. The topological polar surface area (TPSA) is 91.2 Å². The molecule has 1 unspecified atom stereocenters. The first kappa shape index (κ1) is 17.9. The van der Waals surface area contributed by atoms with Crippen molar-refractivity contribution in [1.82, 2.24) is 19.7 Å². The molecule has 0 aliphatic carbocycles. The van der Waals surface area contributed by atoms with Crippen LogP contribution in [0.3, 0.4) is 0 Å². The number of nitrogens with one attached hydrogen (secondary N) is 1. The van der Waals surface area contributed by atoms with Gasteiger partial charge in [0.2, 0.25) is 0 Å². The van der Waals surface area contributed by atoms with Crippen molar-refractivity contribution in [2.45, 2.75) is 39.3 Å². The minimum Gasteiger partial charge on any atom is -0.444 e. The van der Waals surface area contributed by atoms with E-state index >= 15 is 0 Å². The van der Waals surface area contributed by atoms with Crippen LogP contribution in [0.2, 0.25) is 0 Å². The summed E-state index contributed by atoms with van der Waals surface area (Å²) in [4.78, 5) is 16.3. The molecule has 0 radical (unpaired) electrons. The van der Waals surface area contributed by atoms with Crippen LogP contribution >= 0.6 is 0 Å². The third-order valence-electron chi connectivity index (χ3n) is 3.06. The van der Waals surface area contributed by atoms with Crippen LogP contribution in [0.1, 0.15) is 33.7 Å². The minimum absolute atomic E-state index is 0.0595. The van der Waals surface area contributed by atoms with Gasteiger partial charge in [-0.3, -0.25) is 5.32 Å². The molecule has 0 bridgehead atoms. The fourth-order valence-electron chi connectivity index (χ4n) is 2.11. The summed E-state index contributed by atoms with van der Waals surface area (Å²) in [6.45, 7) is 7.93. The normalized spacial score (nSPS) is 12.7. The number of rotatable bonds is 5. The zero-order valence-electron chi connectivity index (χ0n) is 14.6. The van der Waals surface area contributed by atoms with Crippen LogP contribution in [0.4, 0.5) is 10.6 Å². The van der Waals surface area contributed by atoms with Crippen LogP contribution in [0.25, 0.3) is 11.5 Å². The van der Waals surface area contributed by atoms with Crippen LogP contribution in [0.15, 0.2) is 24.5 Å². The monoisotopic (exact) mass is 333 g/mol. The molecule has 0 fully saturated rings. The van der Waals surface area contributed by atoms with Crippen molar-refractivity contribution in [3.8, 4) is 11.5 Å². The number of amides is 1. The molecule has 2 aromatic heterocycles. The molecule has 8 nitrogen and oxygen atoms in total. The number of pyridine rings is 1.